The number of hydrogen-bond donors (Lipinski definition) is 2. The maximum atomic E-state index is 12.6. The van der Waals surface area contributed by atoms with Crippen molar-refractivity contribution in [3.8, 4) is 0 Å². The van der Waals surface area contributed by atoms with E-state index < -0.39 is 12.0 Å². The van der Waals surface area contributed by atoms with Crippen LogP contribution in [-0.4, -0.2) is 30.0 Å². The van der Waals surface area contributed by atoms with Crippen molar-refractivity contribution in [1.82, 2.24) is 10.3 Å². The summed E-state index contributed by atoms with van der Waals surface area (Å²) in [7, 11) is 1.32. The predicted molar refractivity (Wildman–Crippen MR) is 96.5 cm³/mol. The number of fused-ring (bicyclic) bond motifs is 1. The van der Waals surface area contributed by atoms with Gasteiger partial charge in [0.1, 0.15) is 6.04 Å². The van der Waals surface area contributed by atoms with Crippen LogP contribution in [0.4, 0.5) is 0 Å². The number of benzene rings is 2. The first kappa shape index (κ1) is 16.8. The molecule has 1 unspecified atom stereocenters. The minimum absolute atomic E-state index is 0.284. The van der Waals surface area contributed by atoms with Crippen LogP contribution >= 0.6 is 0 Å². The summed E-state index contributed by atoms with van der Waals surface area (Å²) in [4.78, 5) is 27.9. The van der Waals surface area contributed by atoms with E-state index in [2.05, 4.69) is 10.3 Å². The standard InChI is InChI=1S/C20H20N2O3/c1-13-7-3-4-8-15(13)19(23)22-18(20(24)25-2)11-14-12-21-17-10-6-5-9-16(14)17/h3-10,12,18,21H,11H2,1-2H3,(H,22,23). The van der Waals surface area contributed by atoms with Gasteiger partial charge in [0.15, 0.2) is 0 Å². The molecule has 0 aliphatic carbocycles. The molecule has 0 radical (unpaired) electrons. The normalized spacial score (nSPS) is 11.9. The van der Waals surface area contributed by atoms with Crippen molar-refractivity contribution in [2.45, 2.75) is 19.4 Å². The van der Waals surface area contributed by atoms with Crippen molar-refractivity contribution in [2.75, 3.05) is 7.11 Å². The molecule has 128 valence electrons. The Kier molecular flexibility index (Phi) is 4.84. The number of hydrogen-bond acceptors (Lipinski definition) is 3. The van der Waals surface area contributed by atoms with Gasteiger partial charge in [-0.25, -0.2) is 4.79 Å². The highest BCUT2D eigenvalue weighted by Crippen LogP contribution is 2.19. The summed E-state index contributed by atoms with van der Waals surface area (Å²) in [5.41, 5.74) is 3.36. The zero-order valence-corrected chi connectivity index (χ0v) is 14.2. The van der Waals surface area contributed by atoms with Crippen LogP contribution in [-0.2, 0) is 16.0 Å². The first-order chi connectivity index (χ1) is 12.1. The van der Waals surface area contributed by atoms with Crippen molar-refractivity contribution in [3.05, 3.63) is 71.4 Å². The molecule has 2 N–H and O–H groups in total. The molecule has 0 fully saturated rings. The van der Waals surface area contributed by atoms with Gasteiger partial charge in [-0.05, 0) is 30.2 Å². The fourth-order valence-corrected chi connectivity index (χ4v) is 2.92. The second kappa shape index (κ2) is 7.21. The van der Waals surface area contributed by atoms with Crippen molar-refractivity contribution in [2.24, 2.45) is 0 Å². The molecule has 1 amide bonds. The van der Waals surface area contributed by atoms with Crippen LogP contribution in [0.15, 0.2) is 54.7 Å². The Morgan fingerprint density at radius 3 is 2.60 bits per heavy atom. The molecule has 0 saturated heterocycles. The second-order valence-electron chi connectivity index (χ2n) is 5.93. The zero-order valence-electron chi connectivity index (χ0n) is 14.2. The Morgan fingerprint density at radius 1 is 1.12 bits per heavy atom. The van der Waals surface area contributed by atoms with Crippen LogP contribution in [0.2, 0.25) is 0 Å². The highest BCUT2D eigenvalue weighted by Gasteiger charge is 2.24. The monoisotopic (exact) mass is 336 g/mol. The highest BCUT2D eigenvalue weighted by molar-refractivity contribution is 5.98. The molecule has 3 rings (SSSR count). The van der Waals surface area contributed by atoms with E-state index in [9.17, 15) is 9.59 Å². The topological polar surface area (TPSA) is 71.2 Å². The number of methoxy groups -OCH3 is 1. The van der Waals surface area contributed by atoms with Crippen LogP contribution in [0.25, 0.3) is 10.9 Å². The van der Waals surface area contributed by atoms with Gasteiger partial charge in [0.2, 0.25) is 0 Å². The molecule has 25 heavy (non-hydrogen) atoms. The molecule has 5 nitrogen and oxygen atoms in total. The Hall–Kier alpha value is -3.08. The van der Waals surface area contributed by atoms with Gasteiger partial charge in [0, 0.05) is 29.1 Å². The van der Waals surface area contributed by atoms with E-state index in [1.54, 1.807) is 12.1 Å². The number of para-hydroxylation sites is 1. The number of esters is 1. The first-order valence-corrected chi connectivity index (χ1v) is 8.09. The largest absolute Gasteiger partial charge is 0.467 e. The summed E-state index contributed by atoms with van der Waals surface area (Å²) >= 11 is 0. The molecule has 1 atom stereocenters. The van der Waals surface area contributed by atoms with Gasteiger partial charge in [-0.1, -0.05) is 36.4 Å². The zero-order chi connectivity index (χ0) is 17.8. The highest BCUT2D eigenvalue weighted by atomic mass is 16.5. The van der Waals surface area contributed by atoms with Crippen LogP contribution < -0.4 is 5.32 Å². The molecule has 0 spiro atoms. The number of carbonyl (C=O) groups is 2. The molecule has 5 heteroatoms. The van der Waals surface area contributed by atoms with Gasteiger partial charge < -0.3 is 15.0 Å². The lowest BCUT2D eigenvalue weighted by Crippen LogP contribution is -2.43. The van der Waals surface area contributed by atoms with E-state index in [-0.39, 0.29) is 5.91 Å². The van der Waals surface area contributed by atoms with Gasteiger partial charge in [0.05, 0.1) is 7.11 Å². The summed E-state index contributed by atoms with van der Waals surface area (Å²) in [5, 5.41) is 3.83. The third kappa shape index (κ3) is 3.55. The first-order valence-electron chi connectivity index (χ1n) is 8.09. The summed E-state index contributed by atoms with van der Waals surface area (Å²) in [6, 6.07) is 14.4. The molecule has 2 aromatic carbocycles. The Bertz CT molecular complexity index is 914. The third-order valence-corrected chi connectivity index (χ3v) is 4.28. The average molecular weight is 336 g/mol. The van der Waals surface area contributed by atoms with E-state index >= 15 is 0 Å². The maximum absolute atomic E-state index is 12.6. The van der Waals surface area contributed by atoms with Gasteiger partial charge in [-0.2, -0.15) is 0 Å². The summed E-state index contributed by atoms with van der Waals surface area (Å²) in [6.45, 7) is 1.86. The molecule has 0 aliphatic heterocycles. The minimum Gasteiger partial charge on any atom is -0.467 e. The number of amides is 1. The van der Waals surface area contributed by atoms with Gasteiger partial charge in [0.25, 0.3) is 5.91 Å². The summed E-state index contributed by atoms with van der Waals surface area (Å²) in [5.74, 6) is -0.749. The number of rotatable bonds is 5. The second-order valence-corrected chi connectivity index (χ2v) is 5.93. The molecular formula is C20H20N2O3. The fourth-order valence-electron chi connectivity index (χ4n) is 2.92. The SMILES string of the molecule is COC(=O)C(Cc1c[nH]c2ccccc12)NC(=O)c1ccccc1C. The van der Waals surface area contributed by atoms with E-state index in [0.717, 1.165) is 22.0 Å². The molecule has 1 aromatic heterocycles. The van der Waals surface area contributed by atoms with Crippen molar-refractivity contribution >= 4 is 22.8 Å². The lowest BCUT2D eigenvalue weighted by atomic mass is 10.0. The smallest absolute Gasteiger partial charge is 0.328 e. The number of H-pyrrole nitrogens is 1. The van der Waals surface area contributed by atoms with Crippen molar-refractivity contribution in [1.29, 1.82) is 0 Å². The number of aryl methyl sites for hydroxylation is 1. The summed E-state index contributed by atoms with van der Waals surface area (Å²) < 4.78 is 4.88. The van der Waals surface area contributed by atoms with Crippen LogP contribution in [0.5, 0.6) is 0 Å². The Morgan fingerprint density at radius 2 is 1.84 bits per heavy atom. The van der Waals surface area contributed by atoms with E-state index in [4.69, 9.17) is 4.74 Å². The Labute approximate surface area is 146 Å². The predicted octanol–water partition coefficient (Wildman–Crippen LogP) is 2.99. The quantitative estimate of drug-likeness (QED) is 0.704. The van der Waals surface area contributed by atoms with E-state index in [0.29, 0.717) is 12.0 Å². The summed E-state index contributed by atoms with van der Waals surface area (Å²) in [6.07, 6.45) is 2.22. The molecule has 3 aromatic rings. The maximum Gasteiger partial charge on any atom is 0.328 e. The number of aromatic nitrogens is 1. The van der Waals surface area contributed by atoms with E-state index in [1.807, 2.05) is 49.5 Å². The van der Waals surface area contributed by atoms with Gasteiger partial charge in [-0.15, -0.1) is 0 Å². The molecule has 1 heterocycles. The van der Waals surface area contributed by atoms with Crippen LogP contribution in [0, 0.1) is 6.92 Å². The molecule has 0 aliphatic rings. The van der Waals surface area contributed by atoms with Crippen molar-refractivity contribution < 1.29 is 14.3 Å². The molecule has 0 saturated carbocycles. The number of aromatic amines is 1. The minimum atomic E-state index is -0.753. The lowest BCUT2D eigenvalue weighted by molar-refractivity contribution is -0.142. The average Bonchev–Trinajstić information content (AvgIpc) is 3.04. The third-order valence-electron chi connectivity index (χ3n) is 4.28. The van der Waals surface area contributed by atoms with Crippen LogP contribution in [0.3, 0.4) is 0 Å². The van der Waals surface area contributed by atoms with Crippen molar-refractivity contribution in [3.63, 3.8) is 0 Å². The van der Waals surface area contributed by atoms with Gasteiger partial charge in [-0.3, -0.25) is 4.79 Å². The molecule has 0 bridgehead atoms. The number of carbonyl (C=O) groups excluding carboxylic acids is 2. The lowest BCUT2D eigenvalue weighted by Gasteiger charge is -2.17. The fraction of sp³-hybridized carbons (Fsp3) is 0.200. The number of ether oxygens (including phenoxy) is 1. The van der Waals surface area contributed by atoms with E-state index in [1.165, 1.54) is 7.11 Å². The molecular weight excluding hydrogens is 316 g/mol. The number of nitrogens with one attached hydrogen (secondary N) is 2. The van der Waals surface area contributed by atoms with Crippen LogP contribution in [0.1, 0.15) is 21.5 Å². The van der Waals surface area contributed by atoms with Gasteiger partial charge >= 0.3 is 5.97 Å². The Balaban J connectivity index is 1.84.